The third-order valence-corrected chi connectivity index (χ3v) is 4.25. The van der Waals surface area contributed by atoms with Crippen LogP contribution in [0.4, 0.5) is 0 Å². The van der Waals surface area contributed by atoms with Crippen LogP contribution < -0.4 is 5.32 Å². The maximum absolute atomic E-state index is 12.1. The Bertz CT molecular complexity index is 1060. The van der Waals surface area contributed by atoms with Gasteiger partial charge < -0.3 is 9.88 Å². The fraction of sp³-hybridized carbons (Fsp3) is 0.136. The molecule has 0 radical (unpaired) electrons. The van der Waals surface area contributed by atoms with Gasteiger partial charge in [-0.05, 0) is 29.8 Å². The van der Waals surface area contributed by atoms with E-state index in [1.54, 1.807) is 18.2 Å². The molecule has 1 amide bonds. The topological polar surface area (TPSA) is 81.6 Å². The maximum Gasteiger partial charge on any atom is 0.244 e. The SMILES string of the molecule is N#CCCn1cc(C=CC(=O)NCc2ccc(C#N)cc2)c2ccccc21. The Kier molecular flexibility index (Phi) is 5.67. The zero-order valence-electron chi connectivity index (χ0n) is 14.7. The lowest BCUT2D eigenvalue weighted by molar-refractivity contribution is -0.116. The van der Waals surface area contributed by atoms with Crippen LogP contribution in [0.15, 0.2) is 60.8 Å². The van der Waals surface area contributed by atoms with Gasteiger partial charge in [0.2, 0.25) is 5.91 Å². The molecular formula is C22H18N4O. The number of nitriles is 2. The molecule has 0 saturated heterocycles. The smallest absolute Gasteiger partial charge is 0.244 e. The highest BCUT2D eigenvalue weighted by Crippen LogP contribution is 2.22. The van der Waals surface area contributed by atoms with Gasteiger partial charge in [-0.3, -0.25) is 4.79 Å². The number of aromatic nitrogens is 1. The molecule has 0 unspecified atom stereocenters. The van der Waals surface area contributed by atoms with Crippen molar-refractivity contribution >= 4 is 22.9 Å². The highest BCUT2D eigenvalue weighted by Gasteiger charge is 2.06. The minimum Gasteiger partial charge on any atom is -0.348 e. The highest BCUT2D eigenvalue weighted by molar-refractivity contribution is 5.96. The van der Waals surface area contributed by atoms with Crippen molar-refractivity contribution in [2.75, 3.05) is 0 Å². The number of para-hydroxylation sites is 1. The molecule has 0 atom stereocenters. The number of fused-ring (bicyclic) bond motifs is 1. The number of hydrogen-bond acceptors (Lipinski definition) is 3. The van der Waals surface area contributed by atoms with Crippen molar-refractivity contribution < 1.29 is 4.79 Å². The van der Waals surface area contributed by atoms with Gasteiger partial charge in [0.15, 0.2) is 0 Å². The zero-order chi connectivity index (χ0) is 19.1. The number of aryl methyl sites for hydroxylation is 1. The van der Waals surface area contributed by atoms with Crippen LogP contribution in [-0.2, 0) is 17.9 Å². The molecule has 5 nitrogen and oxygen atoms in total. The average Bonchev–Trinajstić information content (AvgIpc) is 3.07. The van der Waals surface area contributed by atoms with Crippen molar-refractivity contribution in [3.63, 3.8) is 0 Å². The molecular weight excluding hydrogens is 336 g/mol. The summed E-state index contributed by atoms with van der Waals surface area (Å²) < 4.78 is 2.03. The van der Waals surface area contributed by atoms with Crippen molar-refractivity contribution in [3.8, 4) is 12.1 Å². The number of nitrogens with zero attached hydrogens (tertiary/aromatic N) is 3. The van der Waals surface area contributed by atoms with Gasteiger partial charge in [0.25, 0.3) is 0 Å². The standard InChI is InChI=1S/C22H18N4O/c23-12-3-13-26-16-19(20-4-1-2-5-21(20)26)10-11-22(27)25-15-18-8-6-17(14-24)7-9-18/h1-2,4-11,16H,3,13,15H2,(H,25,27). The molecule has 0 saturated carbocycles. The maximum atomic E-state index is 12.1. The van der Waals surface area contributed by atoms with Crippen molar-refractivity contribution in [2.45, 2.75) is 19.5 Å². The number of carbonyl (C=O) groups excluding carboxylic acids is 1. The quantitative estimate of drug-likeness (QED) is 0.684. The number of carbonyl (C=O) groups is 1. The Morgan fingerprint density at radius 1 is 1.11 bits per heavy atom. The molecule has 2 aromatic carbocycles. The van der Waals surface area contributed by atoms with E-state index in [9.17, 15) is 4.79 Å². The summed E-state index contributed by atoms with van der Waals surface area (Å²) in [6.45, 7) is 1.02. The van der Waals surface area contributed by atoms with Gasteiger partial charge >= 0.3 is 0 Å². The first kappa shape index (κ1) is 18.0. The zero-order valence-corrected chi connectivity index (χ0v) is 14.7. The molecule has 0 spiro atoms. The fourth-order valence-corrected chi connectivity index (χ4v) is 2.87. The second kappa shape index (κ2) is 8.51. The molecule has 3 aromatic rings. The Morgan fingerprint density at radius 2 is 1.89 bits per heavy atom. The van der Waals surface area contributed by atoms with Crippen molar-refractivity contribution in [1.29, 1.82) is 10.5 Å². The van der Waals surface area contributed by atoms with E-state index in [1.165, 1.54) is 6.08 Å². The third kappa shape index (κ3) is 4.42. The van der Waals surface area contributed by atoms with Gasteiger partial charge in [0.05, 0.1) is 24.1 Å². The van der Waals surface area contributed by atoms with E-state index in [2.05, 4.69) is 17.5 Å². The molecule has 5 heteroatoms. The molecule has 132 valence electrons. The van der Waals surface area contributed by atoms with E-state index < -0.39 is 0 Å². The van der Waals surface area contributed by atoms with Crippen molar-refractivity contribution in [1.82, 2.24) is 9.88 Å². The monoisotopic (exact) mass is 354 g/mol. The lowest BCUT2D eigenvalue weighted by Gasteiger charge is -2.02. The van der Waals surface area contributed by atoms with Crippen molar-refractivity contribution in [2.24, 2.45) is 0 Å². The highest BCUT2D eigenvalue weighted by atomic mass is 16.1. The predicted molar refractivity (Wildman–Crippen MR) is 104 cm³/mol. The fourth-order valence-electron chi connectivity index (χ4n) is 2.87. The molecule has 0 fully saturated rings. The van der Waals surface area contributed by atoms with Crippen LogP contribution in [0.1, 0.15) is 23.1 Å². The summed E-state index contributed by atoms with van der Waals surface area (Å²) in [6, 6.07) is 19.3. The molecule has 1 heterocycles. The summed E-state index contributed by atoms with van der Waals surface area (Å²) in [5, 5.41) is 21.5. The molecule has 0 aliphatic carbocycles. The summed E-state index contributed by atoms with van der Waals surface area (Å²) in [5.41, 5.74) is 3.52. The molecule has 3 rings (SSSR count). The van der Waals surface area contributed by atoms with Crippen LogP contribution >= 0.6 is 0 Å². The van der Waals surface area contributed by atoms with E-state index in [1.807, 2.05) is 47.2 Å². The molecule has 1 aromatic heterocycles. The van der Waals surface area contributed by atoms with Gasteiger partial charge in [-0.15, -0.1) is 0 Å². The lowest BCUT2D eigenvalue weighted by Crippen LogP contribution is -2.20. The van der Waals surface area contributed by atoms with Crippen LogP contribution in [0.25, 0.3) is 17.0 Å². The van der Waals surface area contributed by atoms with E-state index in [0.717, 1.165) is 22.0 Å². The summed E-state index contributed by atoms with van der Waals surface area (Å²) in [6.07, 6.45) is 5.71. The predicted octanol–water partition coefficient (Wildman–Crippen LogP) is 3.76. The number of hydrogen-bond donors (Lipinski definition) is 1. The van der Waals surface area contributed by atoms with E-state index >= 15 is 0 Å². The van der Waals surface area contributed by atoms with Crippen LogP contribution in [0.3, 0.4) is 0 Å². The first-order valence-corrected chi connectivity index (χ1v) is 8.61. The van der Waals surface area contributed by atoms with Gasteiger partial charge in [-0.25, -0.2) is 0 Å². The largest absolute Gasteiger partial charge is 0.348 e. The normalized spacial score (nSPS) is 10.6. The number of nitrogens with one attached hydrogen (secondary N) is 1. The van der Waals surface area contributed by atoms with Crippen molar-refractivity contribution in [3.05, 3.63) is 77.5 Å². The summed E-state index contributed by atoms with van der Waals surface area (Å²) in [7, 11) is 0. The Labute approximate surface area is 157 Å². The summed E-state index contributed by atoms with van der Waals surface area (Å²) >= 11 is 0. The first-order valence-electron chi connectivity index (χ1n) is 8.61. The average molecular weight is 354 g/mol. The first-order chi connectivity index (χ1) is 13.2. The van der Waals surface area contributed by atoms with E-state index in [-0.39, 0.29) is 5.91 Å². The molecule has 0 bridgehead atoms. The van der Waals surface area contributed by atoms with E-state index in [0.29, 0.717) is 25.1 Å². The molecule has 1 N–H and O–H groups in total. The number of benzene rings is 2. The summed E-state index contributed by atoms with van der Waals surface area (Å²) in [5.74, 6) is -0.187. The Balaban J connectivity index is 1.68. The van der Waals surface area contributed by atoms with Gasteiger partial charge in [0.1, 0.15) is 0 Å². The number of amides is 1. The van der Waals surface area contributed by atoms with Crippen LogP contribution in [0.2, 0.25) is 0 Å². The van der Waals surface area contributed by atoms with Crippen LogP contribution in [-0.4, -0.2) is 10.5 Å². The molecule has 0 aliphatic heterocycles. The Hall–Kier alpha value is -3.83. The minimum absolute atomic E-state index is 0.187. The van der Waals surface area contributed by atoms with Crippen LogP contribution in [0, 0.1) is 22.7 Å². The number of rotatable bonds is 6. The van der Waals surface area contributed by atoms with Gasteiger partial charge in [-0.1, -0.05) is 30.3 Å². The van der Waals surface area contributed by atoms with E-state index in [4.69, 9.17) is 10.5 Å². The Morgan fingerprint density at radius 3 is 2.63 bits per heavy atom. The van der Waals surface area contributed by atoms with Gasteiger partial charge in [-0.2, -0.15) is 10.5 Å². The third-order valence-electron chi connectivity index (χ3n) is 4.25. The van der Waals surface area contributed by atoms with Gasteiger partial charge in [0, 0.05) is 41.8 Å². The molecule has 0 aliphatic rings. The molecule has 27 heavy (non-hydrogen) atoms. The second-order valence-electron chi connectivity index (χ2n) is 6.06. The second-order valence-corrected chi connectivity index (χ2v) is 6.06. The van der Waals surface area contributed by atoms with Crippen LogP contribution in [0.5, 0.6) is 0 Å². The lowest BCUT2D eigenvalue weighted by atomic mass is 10.1. The minimum atomic E-state index is -0.187. The summed E-state index contributed by atoms with van der Waals surface area (Å²) in [4.78, 5) is 12.1.